The van der Waals surface area contributed by atoms with Gasteiger partial charge in [0.1, 0.15) is 5.75 Å². The molecular weight excluding hydrogens is 413 g/mol. The van der Waals surface area contributed by atoms with Crippen LogP contribution in [0.25, 0.3) is 0 Å². The lowest BCUT2D eigenvalue weighted by Crippen LogP contribution is -2.50. The maximum Gasteiger partial charge on any atom is 0.387 e. The van der Waals surface area contributed by atoms with E-state index in [0.29, 0.717) is 41.8 Å². The van der Waals surface area contributed by atoms with Gasteiger partial charge in [0.15, 0.2) is 0 Å². The summed E-state index contributed by atoms with van der Waals surface area (Å²) in [5.74, 6) is -0.603. The molecule has 0 radical (unpaired) electrons. The van der Waals surface area contributed by atoms with Crippen LogP contribution in [0.4, 0.5) is 8.78 Å². The molecule has 0 spiro atoms. The fourth-order valence-electron chi connectivity index (χ4n) is 2.96. The number of piperazine rings is 1. The van der Waals surface area contributed by atoms with Crippen molar-refractivity contribution in [2.75, 3.05) is 26.2 Å². The minimum atomic E-state index is -2.96. The SMILES string of the molecule is O=C(c1cc(Cl)cc(Cl)c1)N1CCN(C(=O)c2cccc(OC(F)F)c2)CC1. The van der Waals surface area contributed by atoms with Crippen molar-refractivity contribution in [1.82, 2.24) is 9.80 Å². The average molecular weight is 429 g/mol. The van der Waals surface area contributed by atoms with Gasteiger partial charge in [0, 0.05) is 47.4 Å². The second-order valence-corrected chi connectivity index (χ2v) is 7.02. The predicted molar refractivity (Wildman–Crippen MR) is 101 cm³/mol. The Morgan fingerprint density at radius 1 is 0.857 bits per heavy atom. The molecule has 0 bridgehead atoms. The Morgan fingerprint density at radius 2 is 1.39 bits per heavy atom. The van der Waals surface area contributed by atoms with Gasteiger partial charge in [0.05, 0.1) is 0 Å². The summed E-state index contributed by atoms with van der Waals surface area (Å²) in [4.78, 5) is 28.4. The molecule has 5 nitrogen and oxygen atoms in total. The van der Waals surface area contributed by atoms with E-state index in [9.17, 15) is 18.4 Å². The van der Waals surface area contributed by atoms with Gasteiger partial charge in [-0.3, -0.25) is 9.59 Å². The molecule has 0 unspecified atom stereocenters. The van der Waals surface area contributed by atoms with E-state index in [1.165, 1.54) is 24.3 Å². The summed E-state index contributed by atoms with van der Waals surface area (Å²) in [5, 5.41) is 0.742. The third-order valence-corrected chi connectivity index (χ3v) is 4.71. The number of ether oxygens (including phenoxy) is 1. The summed E-state index contributed by atoms with van der Waals surface area (Å²) in [6.07, 6.45) is 0. The molecule has 28 heavy (non-hydrogen) atoms. The van der Waals surface area contributed by atoms with Crippen molar-refractivity contribution < 1.29 is 23.1 Å². The maximum absolute atomic E-state index is 12.6. The normalized spacial score (nSPS) is 14.3. The van der Waals surface area contributed by atoms with Gasteiger partial charge in [-0.25, -0.2) is 0 Å². The molecule has 0 N–H and O–H groups in total. The van der Waals surface area contributed by atoms with Gasteiger partial charge in [-0.05, 0) is 36.4 Å². The molecule has 1 saturated heterocycles. The first-order valence-corrected chi connectivity index (χ1v) is 9.18. The zero-order valence-corrected chi connectivity index (χ0v) is 16.1. The van der Waals surface area contributed by atoms with Crippen LogP contribution in [0.15, 0.2) is 42.5 Å². The first kappa shape index (κ1) is 20.4. The molecule has 1 aliphatic heterocycles. The third-order valence-electron chi connectivity index (χ3n) is 4.27. The summed E-state index contributed by atoms with van der Waals surface area (Å²) >= 11 is 11.9. The Morgan fingerprint density at radius 3 is 1.93 bits per heavy atom. The molecule has 2 aromatic carbocycles. The van der Waals surface area contributed by atoms with Gasteiger partial charge in [-0.1, -0.05) is 29.3 Å². The van der Waals surface area contributed by atoms with Gasteiger partial charge in [-0.15, -0.1) is 0 Å². The number of alkyl halides is 2. The smallest absolute Gasteiger partial charge is 0.387 e. The molecule has 3 rings (SSSR count). The van der Waals surface area contributed by atoms with E-state index in [1.54, 1.807) is 28.0 Å². The third kappa shape index (κ3) is 4.91. The van der Waals surface area contributed by atoms with Crippen LogP contribution in [0.2, 0.25) is 10.0 Å². The molecule has 148 valence electrons. The van der Waals surface area contributed by atoms with Crippen molar-refractivity contribution in [3.8, 4) is 5.75 Å². The number of halogens is 4. The van der Waals surface area contributed by atoms with Crippen molar-refractivity contribution in [3.05, 3.63) is 63.6 Å². The molecule has 0 aromatic heterocycles. The van der Waals surface area contributed by atoms with Gasteiger partial charge in [0.25, 0.3) is 11.8 Å². The number of carbonyl (C=O) groups excluding carboxylic acids is 2. The molecule has 9 heteroatoms. The second kappa shape index (κ2) is 8.75. The quantitative estimate of drug-likeness (QED) is 0.733. The highest BCUT2D eigenvalue weighted by Gasteiger charge is 2.26. The zero-order chi connectivity index (χ0) is 20.3. The van der Waals surface area contributed by atoms with Gasteiger partial charge in [0.2, 0.25) is 0 Å². The number of hydrogen-bond donors (Lipinski definition) is 0. The summed E-state index contributed by atoms with van der Waals surface area (Å²) in [6, 6.07) is 10.3. The van der Waals surface area contributed by atoms with E-state index in [-0.39, 0.29) is 23.1 Å². The van der Waals surface area contributed by atoms with Crippen molar-refractivity contribution in [1.29, 1.82) is 0 Å². The Labute approximate surface area is 170 Å². The standard InChI is InChI=1S/C19H16Cl2F2N2O3/c20-14-8-13(9-15(21)11-14)18(27)25-6-4-24(5-7-25)17(26)12-2-1-3-16(10-12)28-19(22)23/h1-3,8-11,19H,4-7H2. The van der Waals surface area contributed by atoms with Crippen LogP contribution in [-0.4, -0.2) is 54.4 Å². The average Bonchev–Trinajstić information content (AvgIpc) is 2.66. The molecule has 0 aliphatic carbocycles. The van der Waals surface area contributed by atoms with E-state index < -0.39 is 6.61 Å². The van der Waals surface area contributed by atoms with Crippen LogP contribution in [0, 0.1) is 0 Å². The van der Waals surface area contributed by atoms with Gasteiger partial charge < -0.3 is 14.5 Å². The van der Waals surface area contributed by atoms with Crippen LogP contribution in [0.3, 0.4) is 0 Å². The van der Waals surface area contributed by atoms with Gasteiger partial charge >= 0.3 is 6.61 Å². The molecule has 1 fully saturated rings. The largest absolute Gasteiger partial charge is 0.435 e. The molecule has 1 aliphatic rings. The Kier molecular flexibility index (Phi) is 6.36. The number of hydrogen-bond acceptors (Lipinski definition) is 3. The van der Waals surface area contributed by atoms with Gasteiger partial charge in [-0.2, -0.15) is 8.78 Å². The predicted octanol–water partition coefficient (Wildman–Crippen LogP) is 4.19. The summed E-state index contributed by atoms with van der Waals surface area (Å²) in [7, 11) is 0. The van der Waals surface area contributed by atoms with Crippen molar-refractivity contribution in [3.63, 3.8) is 0 Å². The molecule has 2 amide bonds. The van der Waals surface area contributed by atoms with Crippen LogP contribution >= 0.6 is 23.2 Å². The summed E-state index contributed by atoms with van der Waals surface area (Å²) in [6.45, 7) is -1.65. The van der Waals surface area contributed by atoms with E-state index in [1.807, 2.05) is 0 Å². The van der Waals surface area contributed by atoms with Crippen molar-refractivity contribution in [2.45, 2.75) is 6.61 Å². The second-order valence-electron chi connectivity index (χ2n) is 6.15. The number of rotatable bonds is 4. The lowest BCUT2D eigenvalue weighted by Gasteiger charge is -2.35. The van der Waals surface area contributed by atoms with E-state index >= 15 is 0 Å². The fourth-order valence-corrected chi connectivity index (χ4v) is 3.49. The highest BCUT2D eigenvalue weighted by atomic mass is 35.5. The molecular formula is C19H16Cl2F2N2O3. The number of carbonyl (C=O) groups is 2. The Bertz CT molecular complexity index is 867. The van der Waals surface area contributed by atoms with Crippen molar-refractivity contribution >= 4 is 35.0 Å². The monoisotopic (exact) mass is 428 g/mol. The first-order valence-electron chi connectivity index (χ1n) is 8.43. The summed E-state index contributed by atoms with van der Waals surface area (Å²) < 4.78 is 29.0. The Balaban J connectivity index is 1.63. The number of benzene rings is 2. The van der Waals surface area contributed by atoms with E-state index in [2.05, 4.69) is 4.74 Å². The summed E-state index contributed by atoms with van der Waals surface area (Å²) in [5.41, 5.74) is 0.633. The van der Waals surface area contributed by atoms with Crippen molar-refractivity contribution in [2.24, 2.45) is 0 Å². The van der Waals surface area contributed by atoms with E-state index in [0.717, 1.165) is 0 Å². The topological polar surface area (TPSA) is 49.9 Å². The first-order chi connectivity index (χ1) is 13.3. The maximum atomic E-state index is 12.6. The van der Waals surface area contributed by atoms with Crippen LogP contribution in [-0.2, 0) is 0 Å². The Hall–Kier alpha value is -2.38. The molecule has 1 heterocycles. The molecule has 2 aromatic rings. The van der Waals surface area contributed by atoms with E-state index in [4.69, 9.17) is 23.2 Å². The minimum absolute atomic E-state index is 0.0764. The lowest BCUT2D eigenvalue weighted by molar-refractivity contribution is -0.0499. The highest BCUT2D eigenvalue weighted by Crippen LogP contribution is 2.22. The lowest BCUT2D eigenvalue weighted by atomic mass is 10.1. The number of amides is 2. The minimum Gasteiger partial charge on any atom is -0.435 e. The molecule has 0 saturated carbocycles. The molecule has 0 atom stereocenters. The zero-order valence-electron chi connectivity index (χ0n) is 14.6. The van der Waals surface area contributed by atoms with Crippen LogP contribution in [0.1, 0.15) is 20.7 Å². The van der Waals surface area contributed by atoms with Crippen LogP contribution < -0.4 is 4.74 Å². The number of nitrogens with zero attached hydrogens (tertiary/aromatic N) is 2. The van der Waals surface area contributed by atoms with Crippen LogP contribution in [0.5, 0.6) is 5.75 Å². The fraction of sp³-hybridized carbons (Fsp3) is 0.263. The highest BCUT2D eigenvalue weighted by molar-refractivity contribution is 6.35.